The summed E-state index contributed by atoms with van der Waals surface area (Å²) in [6.45, 7) is 8.19. The SMILES string of the molecule is CC(C)(SC(=O)COCCN1CCN(C(c2ccccc2)c2ccc(Cl)cc2)CC1)[C@H](NCCCCO[N+](=O)[O-])C(=O)O. The molecule has 2 N–H and O–H groups in total. The van der Waals surface area contributed by atoms with Crippen LogP contribution < -0.4 is 5.32 Å². The van der Waals surface area contributed by atoms with E-state index in [1.165, 1.54) is 11.1 Å². The van der Waals surface area contributed by atoms with Crippen molar-refractivity contribution in [1.29, 1.82) is 0 Å². The van der Waals surface area contributed by atoms with Crippen molar-refractivity contribution in [2.75, 3.05) is 59.1 Å². The van der Waals surface area contributed by atoms with Crippen LogP contribution in [0.4, 0.5) is 0 Å². The van der Waals surface area contributed by atoms with Gasteiger partial charge in [-0.2, -0.15) is 0 Å². The Balaban J connectivity index is 1.39. The van der Waals surface area contributed by atoms with E-state index in [2.05, 4.69) is 56.4 Å². The fraction of sp³-hybridized carbons (Fsp3) is 0.533. The Kier molecular flexibility index (Phi) is 14.2. The smallest absolute Gasteiger partial charge is 0.322 e. The van der Waals surface area contributed by atoms with Crippen LogP contribution in [-0.2, 0) is 19.2 Å². The predicted octanol–water partition coefficient (Wildman–Crippen LogP) is 4.13. The lowest BCUT2D eigenvalue weighted by Crippen LogP contribution is -2.51. The van der Waals surface area contributed by atoms with E-state index in [4.69, 9.17) is 16.3 Å². The van der Waals surface area contributed by atoms with E-state index < -0.39 is 21.8 Å². The number of benzene rings is 2. The Morgan fingerprint density at radius 3 is 2.33 bits per heavy atom. The average Bonchev–Trinajstić information content (AvgIpc) is 2.96. The summed E-state index contributed by atoms with van der Waals surface area (Å²) in [4.78, 5) is 43.8. The third kappa shape index (κ3) is 11.7. The second-order valence-electron chi connectivity index (χ2n) is 10.9. The zero-order valence-corrected chi connectivity index (χ0v) is 26.2. The van der Waals surface area contributed by atoms with Gasteiger partial charge in [0.05, 0.1) is 19.3 Å². The molecule has 43 heavy (non-hydrogen) atoms. The largest absolute Gasteiger partial charge is 0.480 e. The number of carbonyl (C=O) groups excluding carboxylic acids is 1. The number of carbonyl (C=O) groups is 2. The van der Waals surface area contributed by atoms with Gasteiger partial charge in [-0.3, -0.25) is 19.4 Å². The van der Waals surface area contributed by atoms with Crippen LogP contribution in [0.3, 0.4) is 0 Å². The van der Waals surface area contributed by atoms with Gasteiger partial charge < -0.3 is 20.0 Å². The third-order valence-electron chi connectivity index (χ3n) is 7.28. The van der Waals surface area contributed by atoms with E-state index in [1.54, 1.807) is 13.8 Å². The van der Waals surface area contributed by atoms with Crippen molar-refractivity contribution in [3.63, 3.8) is 0 Å². The zero-order chi connectivity index (χ0) is 31.2. The van der Waals surface area contributed by atoms with E-state index in [1.807, 2.05) is 18.2 Å². The van der Waals surface area contributed by atoms with Gasteiger partial charge in [-0.05, 0) is 56.5 Å². The number of halogens is 1. The van der Waals surface area contributed by atoms with Crippen LogP contribution in [0.15, 0.2) is 54.6 Å². The van der Waals surface area contributed by atoms with Crippen LogP contribution in [0.25, 0.3) is 0 Å². The Labute approximate surface area is 261 Å². The molecule has 1 heterocycles. The lowest BCUT2D eigenvalue weighted by molar-refractivity contribution is -0.757. The number of unbranched alkanes of at least 4 members (excludes halogenated alkanes) is 1. The van der Waals surface area contributed by atoms with Crippen molar-refractivity contribution >= 4 is 34.4 Å². The number of rotatable bonds is 18. The molecule has 1 unspecified atom stereocenters. The molecule has 1 aliphatic heterocycles. The van der Waals surface area contributed by atoms with Crippen molar-refractivity contribution in [1.82, 2.24) is 15.1 Å². The van der Waals surface area contributed by atoms with Gasteiger partial charge in [-0.15, -0.1) is 10.1 Å². The maximum Gasteiger partial charge on any atom is 0.322 e. The van der Waals surface area contributed by atoms with Crippen LogP contribution in [0.5, 0.6) is 0 Å². The summed E-state index contributed by atoms with van der Waals surface area (Å²) >= 11 is 7.09. The first-order valence-electron chi connectivity index (χ1n) is 14.4. The Morgan fingerprint density at radius 2 is 1.70 bits per heavy atom. The van der Waals surface area contributed by atoms with Gasteiger partial charge in [0, 0.05) is 42.5 Å². The van der Waals surface area contributed by atoms with Crippen molar-refractivity contribution in [3.05, 3.63) is 80.9 Å². The first kappa shape index (κ1) is 34.7. The van der Waals surface area contributed by atoms with E-state index in [0.717, 1.165) is 43.0 Å². The minimum Gasteiger partial charge on any atom is -0.480 e. The quantitative estimate of drug-likeness (QED) is 0.139. The molecule has 2 aromatic rings. The van der Waals surface area contributed by atoms with Crippen LogP contribution in [0.2, 0.25) is 5.02 Å². The molecule has 1 fully saturated rings. The van der Waals surface area contributed by atoms with E-state index in [-0.39, 0.29) is 24.4 Å². The number of hydrogen-bond acceptors (Lipinski definition) is 10. The van der Waals surface area contributed by atoms with Crippen LogP contribution in [0.1, 0.15) is 43.9 Å². The van der Waals surface area contributed by atoms with Gasteiger partial charge in [-0.25, -0.2) is 0 Å². The molecule has 0 amide bonds. The summed E-state index contributed by atoms with van der Waals surface area (Å²) in [5, 5.41) is 22.5. The number of hydrogen-bond donors (Lipinski definition) is 2. The molecule has 1 saturated heterocycles. The van der Waals surface area contributed by atoms with Gasteiger partial charge in [0.25, 0.3) is 5.09 Å². The maximum absolute atomic E-state index is 12.6. The van der Waals surface area contributed by atoms with Gasteiger partial charge in [0.2, 0.25) is 5.12 Å². The molecule has 1 aliphatic rings. The highest BCUT2D eigenvalue weighted by molar-refractivity contribution is 8.14. The molecule has 13 heteroatoms. The number of carboxylic acids is 1. The molecular weight excluding hydrogens is 596 g/mol. The van der Waals surface area contributed by atoms with Crippen LogP contribution in [-0.4, -0.2) is 101 Å². The summed E-state index contributed by atoms with van der Waals surface area (Å²) in [5.41, 5.74) is 2.44. The molecular formula is C30H41ClN4O7S. The molecule has 0 aromatic heterocycles. The fourth-order valence-electron chi connectivity index (χ4n) is 5.11. The second kappa shape index (κ2) is 17.5. The van der Waals surface area contributed by atoms with Crippen LogP contribution >= 0.6 is 23.4 Å². The maximum atomic E-state index is 12.6. The first-order chi connectivity index (χ1) is 20.6. The molecule has 2 atom stereocenters. The molecule has 11 nitrogen and oxygen atoms in total. The number of piperazine rings is 1. The van der Waals surface area contributed by atoms with Gasteiger partial charge in [0.1, 0.15) is 12.6 Å². The van der Waals surface area contributed by atoms with Crippen molar-refractivity contribution < 1.29 is 29.4 Å². The zero-order valence-electron chi connectivity index (χ0n) is 24.7. The third-order valence-corrected chi connectivity index (χ3v) is 8.64. The Hall–Kier alpha value is -2.74. The molecule has 2 aromatic carbocycles. The number of nitrogens with one attached hydrogen (secondary N) is 1. The molecule has 0 spiro atoms. The van der Waals surface area contributed by atoms with E-state index >= 15 is 0 Å². The van der Waals surface area contributed by atoms with Gasteiger partial charge in [0.15, 0.2) is 0 Å². The average molecular weight is 637 g/mol. The summed E-state index contributed by atoms with van der Waals surface area (Å²) in [6.07, 6.45) is 0.906. The normalized spacial score (nSPS) is 16.0. The lowest BCUT2D eigenvalue weighted by atomic mass is 9.96. The number of aliphatic carboxylic acids is 1. The van der Waals surface area contributed by atoms with Gasteiger partial charge in [-0.1, -0.05) is 65.8 Å². The molecule has 236 valence electrons. The summed E-state index contributed by atoms with van der Waals surface area (Å²) in [7, 11) is 0. The Bertz CT molecular complexity index is 1160. The van der Waals surface area contributed by atoms with Crippen molar-refractivity contribution in [2.24, 2.45) is 0 Å². The molecule has 0 saturated carbocycles. The molecule has 0 bridgehead atoms. The Morgan fingerprint density at radius 1 is 1.05 bits per heavy atom. The number of carboxylic acid groups (broad SMARTS) is 1. The highest BCUT2D eigenvalue weighted by Gasteiger charge is 2.37. The number of ether oxygens (including phenoxy) is 1. The number of thioether (sulfide) groups is 1. The topological polar surface area (TPSA) is 134 Å². The predicted molar refractivity (Wildman–Crippen MR) is 167 cm³/mol. The molecule has 0 aliphatic carbocycles. The van der Waals surface area contributed by atoms with E-state index in [0.29, 0.717) is 32.5 Å². The molecule has 3 rings (SSSR count). The molecule has 0 radical (unpaired) electrons. The number of nitrogens with zero attached hydrogens (tertiary/aromatic N) is 3. The summed E-state index contributed by atoms with van der Waals surface area (Å²) < 4.78 is 4.75. The summed E-state index contributed by atoms with van der Waals surface area (Å²) in [6, 6.07) is 17.6. The monoisotopic (exact) mass is 636 g/mol. The van der Waals surface area contributed by atoms with Crippen molar-refractivity contribution in [3.8, 4) is 0 Å². The first-order valence-corrected chi connectivity index (χ1v) is 15.6. The minimum atomic E-state index is -1.07. The van der Waals surface area contributed by atoms with E-state index in [9.17, 15) is 24.8 Å². The highest BCUT2D eigenvalue weighted by atomic mass is 35.5. The summed E-state index contributed by atoms with van der Waals surface area (Å²) in [5.74, 6) is -1.07. The van der Waals surface area contributed by atoms with Crippen LogP contribution in [0, 0.1) is 10.1 Å². The second-order valence-corrected chi connectivity index (χ2v) is 13.0. The standard InChI is InChI=1S/C30H41ClN4O7S/c1-30(2,28(29(37)38)32-14-6-7-20-42-35(39)40)43-26(36)22-41-21-19-33-15-17-34(18-16-33)27(23-8-4-3-5-9-23)24-10-12-25(31)13-11-24/h3-5,8-13,27-28,32H,6-7,14-22H2,1-2H3,(H,37,38)/t27?,28-/m1/s1. The minimum absolute atomic E-state index is 0.0479. The van der Waals surface area contributed by atoms with Gasteiger partial charge >= 0.3 is 5.97 Å². The highest BCUT2D eigenvalue weighted by Crippen LogP contribution is 2.31. The van der Waals surface area contributed by atoms with Crippen molar-refractivity contribution in [2.45, 2.75) is 43.5 Å². The lowest BCUT2D eigenvalue weighted by Gasteiger charge is -2.39. The fourth-order valence-corrected chi connectivity index (χ4v) is 6.27.